The van der Waals surface area contributed by atoms with Gasteiger partial charge in [0.05, 0.1) is 5.41 Å². The molecule has 0 aliphatic carbocycles. The normalized spacial score (nSPS) is 11.3. The maximum Gasteiger partial charge on any atom is 0.229 e. The number of carbonyl (C=O) groups excluding carboxylic acids is 1. The minimum Gasteiger partial charge on any atom is -0.342 e. The standard InChI is InChI=1S/C15H22ClNO/c1-4-17(14(18)15(2,3)12-16)11-10-13-8-6-5-7-9-13/h5-9H,4,10-12H2,1-3H3. The van der Waals surface area contributed by atoms with E-state index in [1.165, 1.54) is 5.56 Å². The van der Waals surface area contributed by atoms with Crippen molar-refractivity contribution in [3.05, 3.63) is 35.9 Å². The third-order valence-corrected chi connectivity index (χ3v) is 3.76. The molecule has 0 fully saturated rings. The van der Waals surface area contributed by atoms with Gasteiger partial charge >= 0.3 is 0 Å². The van der Waals surface area contributed by atoms with Crippen molar-refractivity contribution in [3.8, 4) is 0 Å². The van der Waals surface area contributed by atoms with E-state index in [-0.39, 0.29) is 5.91 Å². The molecule has 1 aromatic rings. The molecule has 0 spiro atoms. The van der Waals surface area contributed by atoms with Crippen LogP contribution in [0.1, 0.15) is 26.3 Å². The first-order valence-electron chi connectivity index (χ1n) is 6.40. The summed E-state index contributed by atoms with van der Waals surface area (Å²) in [6.45, 7) is 7.28. The van der Waals surface area contributed by atoms with E-state index in [1.807, 2.05) is 43.9 Å². The fourth-order valence-electron chi connectivity index (χ4n) is 1.80. The van der Waals surface area contributed by atoms with Gasteiger partial charge in [-0.05, 0) is 32.8 Å². The third kappa shape index (κ3) is 4.02. The molecule has 1 rings (SSSR count). The number of halogens is 1. The molecule has 0 atom stereocenters. The molecule has 18 heavy (non-hydrogen) atoms. The lowest BCUT2D eigenvalue weighted by Gasteiger charge is -2.29. The molecule has 0 aliphatic rings. The van der Waals surface area contributed by atoms with Crippen molar-refractivity contribution in [1.82, 2.24) is 4.90 Å². The number of benzene rings is 1. The highest BCUT2D eigenvalue weighted by molar-refractivity contribution is 6.19. The number of carbonyl (C=O) groups is 1. The van der Waals surface area contributed by atoms with Crippen LogP contribution in [0.4, 0.5) is 0 Å². The van der Waals surface area contributed by atoms with Crippen LogP contribution in [0, 0.1) is 5.41 Å². The summed E-state index contributed by atoms with van der Waals surface area (Å²) in [5.74, 6) is 0.490. The molecule has 1 amide bonds. The summed E-state index contributed by atoms with van der Waals surface area (Å²) in [6, 6.07) is 10.2. The molecular formula is C15H22ClNO. The van der Waals surface area contributed by atoms with E-state index < -0.39 is 5.41 Å². The molecule has 0 saturated heterocycles. The van der Waals surface area contributed by atoms with Gasteiger partial charge < -0.3 is 4.90 Å². The fourth-order valence-corrected chi connectivity index (χ4v) is 1.91. The zero-order valence-electron chi connectivity index (χ0n) is 11.4. The SMILES string of the molecule is CCN(CCc1ccccc1)C(=O)C(C)(C)CCl. The Morgan fingerprint density at radius 3 is 2.39 bits per heavy atom. The van der Waals surface area contributed by atoms with E-state index in [0.29, 0.717) is 5.88 Å². The van der Waals surface area contributed by atoms with Crippen LogP contribution in [0.15, 0.2) is 30.3 Å². The Labute approximate surface area is 115 Å². The van der Waals surface area contributed by atoms with Crippen LogP contribution in [0.25, 0.3) is 0 Å². The Kier molecular flexibility index (Phi) is 5.67. The smallest absolute Gasteiger partial charge is 0.229 e. The maximum atomic E-state index is 12.3. The van der Waals surface area contributed by atoms with Crippen LogP contribution in [-0.4, -0.2) is 29.8 Å². The van der Waals surface area contributed by atoms with Crippen LogP contribution < -0.4 is 0 Å². The predicted octanol–water partition coefficient (Wildman–Crippen LogP) is 3.34. The summed E-state index contributed by atoms with van der Waals surface area (Å²) >= 11 is 5.86. The second-order valence-electron chi connectivity index (χ2n) is 5.14. The number of alkyl halides is 1. The summed E-state index contributed by atoms with van der Waals surface area (Å²) in [6.07, 6.45) is 0.888. The second-order valence-corrected chi connectivity index (χ2v) is 5.41. The van der Waals surface area contributed by atoms with E-state index in [2.05, 4.69) is 12.1 Å². The van der Waals surface area contributed by atoms with Gasteiger partial charge in [-0.25, -0.2) is 0 Å². The molecule has 0 saturated carbocycles. The molecule has 0 bridgehead atoms. The monoisotopic (exact) mass is 267 g/mol. The van der Waals surface area contributed by atoms with Crippen LogP contribution in [-0.2, 0) is 11.2 Å². The largest absolute Gasteiger partial charge is 0.342 e. The van der Waals surface area contributed by atoms with Crippen molar-refractivity contribution in [2.45, 2.75) is 27.2 Å². The van der Waals surface area contributed by atoms with Crippen molar-refractivity contribution in [2.75, 3.05) is 19.0 Å². The summed E-state index contributed by atoms with van der Waals surface area (Å²) < 4.78 is 0. The molecule has 3 heteroatoms. The minimum absolute atomic E-state index is 0.135. The summed E-state index contributed by atoms with van der Waals surface area (Å²) in [7, 11) is 0. The number of amides is 1. The second kappa shape index (κ2) is 6.79. The van der Waals surface area contributed by atoms with Gasteiger partial charge in [0, 0.05) is 19.0 Å². The predicted molar refractivity (Wildman–Crippen MR) is 76.9 cm³/mol. The Morgan fingerprint density at radius 2 is 1.89 bits per heavy atom. The molecule has 0 unspecified atom stereocenters. The number of rotatable bonds is 6. The van der Waals surface area contributed by atoms with Crippen LogP contribution >= 0.6 is 11.6 Å². The fraction of sp³-hybridized carbons (Fsp3) is 0.533. The Bertz CT molecular complexity index is 375. The molecular weight excluding hydrogens is 246 g/mol. The van der Waals surface area contributed by atoms with E-state index in [9.17, 15) is 4.79 Å². The molecule has 100 valence electrons. The number of likely N-dealkylation sites (N-methyl/N-ethyl adjacent to an activating group) is 1. The van der Waals surface area contributed by atoms with Gasteiger partial charge in [0.15, 0.2) is 0 Å². The molecule has 1 aromatic carbocycles. The van der Waals surface area contributed by atoms with Gasteiger partial charge in [-0.1, -0.05) is 30.3 Å². The van der Waals surface area contributed by atoms with Gasteiger partial charge in [-0.2, -0.15) is 0 Å². The van der Waals surface area contributed by atoms with Crippen LogP contribution in [0.5, 0.6) is 0 Å². The zero-order chi connectivity index (χ0) is 13.6. The molecule has 0 heterocycles. The van der Waals surface area contributed by atoms with E-state index in [1.54, 1.807) is 0 Å². The summed E-state index contributed by atoms with van der Waals surface area (Å²) in [5, 5.41) is 0. The number of nitrogens with zero attached hydrogens (tertiary/aromatic N) is 1. The van der Waals surface area contributed by atoms with E-state index in [4.69, 9.17) is 11.6 Å². The molecule has 0 aromatic heterocycles. The highest BCUT2D eigenvalue weighted by Gasteiger charge is 2.30. The molecule has 0 radical (unpaired) electrons. The van der Waals surface area contributed by atoms with Gasteiger partial charge in [0.1, 0.15) is 0 Å². The highest BCUT2D eigenvalue weighted by Crippen LogP contribution is 2.20. The third-order valence-electron chi connectivity index (χ3n) is 3.10. The quantitative estimate of drug-likeness (QED) is 0.724. The van der Waals surface area contributed by atoms with Gasteiger partial charge in [0.2, 0.25) is 5.91 Å². The van der Waals surface area contributed by atoms with Crippen molar-refractivity contribution >= 4 is 17.5 Å². The average Bonchev–Trinajstić information content (AvgIpc) is 2.40. The highest BCUT2D eigenvalue weighted by atomic mass is 35.5. The Hall–Kier alpha value is -1.02. The topological polar surface area (TPSA) is 20.3 Å². The van der Waals surface area contributed by atoms with Crippen molar-refractivity contribution in [3.63, 3.8) is 0 Å². The molecule has 0 N–H and O–H groups in total. The minimum atomic E-state index is -0.478. The first-order valence-corrected chi connectivity index (χ1v) is 6.94. The first kappa shape index (κ1) is 15.0. The lowest BCUT2D eigenvalue weighted by molar-refractivity contribution is -0.139. The summed E-state index contributed by atoms with van der Waals surface area (Å²) in [4.78, 5) is 14.2. The Balaban J connectivity index is 2.60. The first-order chi connectivity index (χ1) is 8.51. The van der Waals surface area contributed by atoms with Crippen molar-refractivity contribution < 1.29 is 4.79 Å². The van der Waals surface area contributed by atoms with Crippen LogP contribution in [0.3, 0.4) is 0 Å². The zero-order valence-corrected chi connectivity index (χ0v) is 12.2. The number of hydrogen-bond donors (Lipinski definition) is 0. The van der Waals surface area contributed by atoms with Crippen molar-refractivity contribution in [2.24, 2.45) is 5.41 Å². The molecule has 0 aliphatic heterocycles. The van der Waals surface area contributed by atoms with E-state index >= 15 is 0 Å². The lowest BCUT2D eigenvalue weighted by Crippen LogP contribution is -2.42. The Morgan fingerprint density at radius 1 is 1.28 bits per heavy atom. The van der Waals surface area contributed by atoms with Crippen molar-refractivity contribution in [1.29, 1.82) is 0 Å². The van der Waals surface area contributed by atoms with E-state index in [0.717, 1.165) is 19.5 Å². The maximum absolute atomic E-state index is 12.3. The molecule has 2 nitrogen and oxygen atoms in total. The lowest BCUT2D eigenvalue weighted by atomic mass is 9.94. The summed E-state index contributed by atoms with van der Waals surface area (Å²) in [5.41, 5.74) is 0.779. The van der Waals surface area contributed by atoms with Gasteiger partial charge in [0.25, 0.3) is 0 Å². The van der Waals surface area contributed by atoms with Crippen LogP contribution in [0.2, 0.25) is 0 Å². The van der Waals surface area contributed by atoms with Gasteiger partial charge in [-0.3, -0.25) is 4.79 Å². The number of hydrogen-bond acceptors (Lipinski definition) is 1. The van der Waals surface area contributed by atoms with Gasteiger partial charge in [-0.15, -0.1) is 11.6 Å². The average molecular weight is 268 g/mol.